The molecule has 0 aliphatic carbocycles. The van der Waals surface area contributed by atoms with Gasteiger partial charge in [-0.1, -0.05) is 0 Å². The van der Waals surface area contributed by atoms with Crippen molar-refractivity contribution >= 4 is 38.4 Å². The maximum Gasteiger partial charge on any atom is 0.244 e. The van der Waals surface area contributed by atoms with Gasteiger partial charge in [-0.25, -0.2) is 13.1 Å². The van der Waals surface area contributed by atoms with E-state index in [0.717, 1.165) is 0 Å². The van der Waals surface area contributed by atoms with E-state index in [0.29, 0.717) is 29.9 Å². The second-order valence-corrected chi connectivity index (χ2v) is 6.87. The van der Waals surface area contributed by atoms with Crippen LogP contribution in [0.1, 0.15) is 0 Å². The Labute approximate surface area is 151 Å². The summed E-state index contributed by atoms with van der Waals surface area (Å²) in [5.74, 6) is 0.659. The minimum absolute atomic E-state index is 0. The zero-order valence-electron chi connectivity index (χ0n) is 13.2. The summed E-state index contributed by atoms with van der Waals surface area (Å²) < 4.78 is 43.0. The summed E-state index contributed by atoms with van der Waals surface area (Å²) in [6.07, 6.45) is 0. The molecule has 0 saturated carbocycles. The zero-order chi connectivity index (χ0) is 16.6. The van der Waals surface area contributed by atoms with Gasteiger partial charge in [0.25, 0.3) is 0 Å². The molecule has 10 heteroatoms. The molecule has 1 aromatic rings. The van der Waals surface area contributed by atoms with Crippen molar-refractivity contribution in [2.24, 2.45) is 0 Å². The van der Waals surface area contributed by atoms with Crippen LogP contribution in [-0.2, 0) is 14.8 Å². The fourth-order valence-corrected chi connectivity index (χ4v) is 3.37. The predicted octanol–water partition coefficient (Wildman–Crippen LogP) is 1.40. The Bertz CT molecular complexity index is 586. The molecule has 0 saturated heterocycles. The van der Waals surface area contributed by atoms with Crippen molar-refractivity contribution in [3.63, 3.8) is 0 Å². The van der Waals surface area contributed by atoms with E-state index in [9.17, 15) is 8.42 Å². The first-order valence-corrected chi connectivity index (χ1v) is 8.84. The summed E-state index contributed by atoms with van der Waals surface area (Å²) in [5.41, 5.74) is 0. The van der Waals surface area contributed by atoms with E-state index in [2.05, 4.69) is 26.0 Å². The largest absolute Gasteiger partial charge is 0.496 e. The van der Waals surface area contributed by atoms with Gasteiger partial charge in [0.2, 0.25) is 10.0 Å². The summed E-state index contributed by atoms with van der Waals surface area (Å²) >= 11 is 3.29. The van der Waals surface area contributed by atoms with Crippen LogP contribution in [0.3, 0.4) is 0 Å². The zero-order valence-corrected chi connectivity index (χ0v) is 16.4. The summed E-state index contributed by atoms with van der Waals surface area (Å²) in [6.45, 7) is 1.99. The Morgan fingerprint density at radius 1 is 1.04 bits per heavy atom. The topological polar surface area (TPSA) is 85.9 Å². The molecular weight excluding hydrogens is 412 g/mol. The SMILES string of the molecule is COCCNCCNS(=O)(=O)c1cc(OC)c(Br)cc1OC.Cl. The van der Waals surface area contributed by atoms with E-state index in [-0.39, 0.29) is 29.6 Å². The number of halogens is 2. The van der Waals surface area contributed by atoms with Crippen LogP contribution in [0.4, 0.5) is 0 Å². The minimum atomic E-state index is -3.69. The molecule has 1 aromatic carbocycles. The molecule has 0 amide bonds. The standard InChI is InChI=1S/C13H21BrN2O5S.ClH/c1-19-7-6-15-4-5-16-22(17,18)13-9-11(20-2)10(14)8-12(13)21-3;/h8-9,15-16H,4-7H2,1-3H3;1H. The predicted molar refractivity (Wildman–Crippen MR) is 94.4 cm³/mol. The van der Waals surface area contributed by atoms with Crippen LogP contribution in [0.25, 0.3) is 0 Å². The molecule has 134 valence electrons. The summed E-state index contributed by atoms with van der Waals surface area (Å²) in [4.78, 5) is 0.0342. The molecular formula is C13H22BrClN2O5S. The molecule has 0 aliphatic rings. The van der Waals surface area contributed by atoms with Gasteiger partial charge in [0.15, 0.2) is 0 Å². The van der Waals surface area contributed by atoms with Gasteiger partial charge in [0.05, 0.1) is 25.3 Å². The number of hydrogen-bond acceptors (Lipinski definition) is 6. The summed E-state index contributed by atoms with van der Waals surface area (Å²) in [6, 6.07) is 2.98. The number of hydrogen-bond donors (Lipinski definition) is 2. The van der Waals surface area contributed by atoms with Gasteiger partial charge in [-0.2, -0.15) is 0 Å². The third kappa shape index (κ3) is 6.82. The van der Waals surface area contributed by atoms with Gasteiger partial charge in [0, 0.05) is 32.8 Å². The lowest BCUT2D eigenvalue weighted by Crippen LogP contribution is -2.33. The van der Waals surface area contributed by atoms with E-state index in [1.165, 1.54) is 20.3 Å². The van der Waals surface area contributed by atoms with Crippen LogP contribution < -0.4 is 19.5 Å². The highest BCUT2D eigenvalue weighted by molar-refractivity contribution is 9.10. The number of ether oxygens (including phenoxy) is 3. The van der Waals surface area contributed by atoms with Crippen molar-refractivity contribution in [3.05, 3.63) is 16.6 Å². The first kappa shape index (κ1) is 22.4. The lowest BCUT2D eigenvalue weighted by molar-refractivity contribution is 0.199. The highest BCUT2D eigenvalue weighted by Crippen LogP contribution is 2.35. The molecule has 0 spiro atoms. The molecule has 1 rings (SSSR count). The Hall–Kier alpha value is -0.580. The van der Waals surface area contributed by atoms with Crippen molar-refractivity contribution < 1.29 is 22.6 Å². The van der Waals surface area contributed by atoms with Crippen LogP contribution in [0.2, 0.25) is 0 Å². The van der Waals surface area contributed by atoms with Crippen LogP contribution in [0.5, 0.6) is 11.5 Å². The Morgan fingerprint density at radius 2 is 1.70 bits per heavy atom. The molecule has 0 radical (unpaired) electrons. The number of nitrogens with one attached hydrogen (secondary N) is 2. The first-order chi connectivity index (χ1) is 10.5. The molecule has 0 heterocycles. The van der Waals surface area contributed by atoms with Gasteiger partial charge in [-0.05, 0) is 22.0 Å². The average Bonchev–Trinajstić information content (AvgIpc) is 2.50. The summed E-state index contributed by atoms with van der Waals surface area (Å²) in [5, 5.41) is 3.06. The molecule has 0 aromatic heterocycles. The lowest BCUT2D eigenvalue weighted by Gasteiger charge is -2.13. The van der Waals surface area contributed by atoms with Crippen molar-refractivity contribution in [3.8, 4) is 11.5 Å². The molecule has 0 bridgehead atoms. The number of methoxy groups -OCH3 is 3. The van der Waals surface area contributed by atoms with Gasteiger partial charge >= 0.3 is 0 Å². The average molecular weight is 434 g/mol. The third-order valence-electron chi connectivity index (χ3n) is 2.80. The Balaban J connectivity index is 0.00000484. The molecule has 2 N–H and O–H groups in total. The maximum absolute atomic E-state index is 12.4. The van der Waals surface area contributed by atoms with E-state index in [1.54, 1.807) is 13.2 Å². The van der Waals surface area contributed by atoms with Crippen molar-refractivity contribution in [1.29, 1.82) is 0 Å². The van der Waals surface area contributed by atoms with E-state index < -0.39 is 10.0 Å². The number of benzene rings is 1. The number of sulfonamides is 1. The second-order valence-electron chi connectivity index (χ2n) is 4.28. The lowest BCUT2D eigenvalue weighted by atomic mass is 10.3. The van der Waals surface area contributed by atoms with Gasteiger partial charge in [-0.15, -0.1) is 12.4 Å². The normalized spacial score (nSPS) is 11.0. The fraction of sp³-hybridized carbons (Fsp3) is 0.538. The first-order valence-electron chi connectivity index (χ1n) is 6.57. The second kappa shape index (κ2) is 11.1. The van der Waals surface area contributed by atoms with Gasteiger partial charge in [-0.3, -0.25) is 0 Å². The molecule has 0 unspecified atom stereocenters. The Morgan fingerprint density at radius 3 is 2.26 bits per heavy atom. The van der Waals surface area contributed by atoms with E-state index in [1.807, 2.05) is 0 Å². The van der Waals surface area contributed by atoms with E-state index >= 15 is 0 Å². The molecule has 7 nitrogen and oxygen atoms in total. The van der Waals surface area contributed by atoms with E-state index in [4.69, 9.17) is 14.2 Å². The monoisotopic (exact) mass is 432 g/mol. The fourth-order valence-electron chi connectivity index (χ4n) is 1.69. The minimum Gasteiger partial charge on any atom is -0.496 e. The molecule has 23 heavy (non-hydrogen) atoms. The Kier molecular flexibility index (Phi) is 10.8. The number of rotatable bonds is 10. The summed E-state index contributed by atoms with van der Waals surface area (Å²) in [7, 11) is 0.801. The molecule has 0 fully saturated rings. The molecule has 0 aliphatic heterocycles. The van der Waals surface area contributed by atoms with Gasteiger partial charge < -0.3 is 19.5 Å². The van der Waals surface area contributed by atoms with Crippen LogP contribution >= 0.6 is 28.3 Å². The maximum atomic E-state index is 12.4. The van der Waals surface area contributed by atoms with Crippen molar-refractivity contribution in [2.75, 3.05) is 47.6 Å². The quantitative estimate of drug-likeness (QED) is 0.543. The van der Waals surface area contributed by atoms with Crippen LogP contribution in [0, 0.1) is 0 Å². The highest BCUT2D eigenvalue weighted by atomic mass is 79.9. The van der Waals surface area contributed by atoms with Crippen molar-refractivity contribution in [1.82, 2.24) is 10.0 Å². The van der Waals surface area contributed by atoms with Crippen molar-refractivity contribution in [2.45, 2.75) is 4.90 Å². The smallest absolute Gasteiger partial charge is 0.244 e. The third-order valence-corrected chi connectivity index (χ3v) is 4.91. The van der Waals surface area contributed by atoms with Gasteiger partial charge in [0.1, 0.15) is 16.4 Å². The highest BCUT2D eigenvalue weighted by Gasteiger charge is 2.21. The van der Waals surface area contributed by atoms with Crippen LogP contribution in [-0.4, -0.2) is 56.0 Å². The van der Waals surface area contributed by atoms with Crippen LogP contribution in [0.15, 0.2) is 21.5 Å². The molecule has 0 atom stereocenters.